The molecule has 2 heterocycles. The van der Waals surface area contributed by atoms with E-state index in [9.17, 15) is 4.79 Å². The van der Waals surface area contributed by atoms with Gasteiger partial charge in [0.05, 0.1) is 24.7 Å². The number of carbonyl (C=O) groups is 1. The lowest BCUT2D eigenvalue weighted by Gasteiger charge is -2.33. The minimum atomic E-state index is -0.161. The first-order valence-corrected chi connectivity index (χ1v) is 6.95. The zero-order chi connectivity index (χ0) is 13.7. The lowest BCUT2D eigenvalue weighted by molar-refractivity contribution is -0.151. The maximum absolute atomic E-state index is 11.9. The molecule has 1 aliphatic heterocycles. The molecule has 0 N–H and O–H groups in total. The van der Waals surface area contributed by atoms with E-state index in [0.29, 0.717) is 18.3 Å². The predicted octanol–water partition coefficient (Wildman–Crippen LogP) is 2.05. The van der Waals surface area contributed by atoms with E-state index in [1.807, 2.05) is 6.92 Å². The third-order valence-electron chi connectivity index (χ3n) is 3.21. The molecule has 1 unspecified atom stereocenters. The van der Waals surface area contributed by atoms with Gasteiger partial charge in [0.2, 0.25) is 0 Å². The van der Waals surface area contributed by atoms with Gasteiger partial charge in [-0.15, -0.1) is 0 Å². The second-order valence-electron chi connectivity index (χ2n) is 4.56. The summed E-state index contributed by atoms with van der Waals surface area (Å²) in [5.74, 6) is -0.135. The van der Waals surface area contributed by atoms with Gasteiger partial charge >= 0.3 is 5.97 Å². The Bertz CT molecular complexity index is 424. The van der Waals surface area contributed by atoms with Crippen molar-refractivity contribution in [3.8, 4) is 0 Å². The molecule has 104 valence electrons. The standard InChI is InChI=1S/C13H18ClN3O2/c1-2-19-13(18)11-5-3-4-6-17(11)9-10-7-16-12(14)8-15-10/h7-8,11H,2-6,9H2,1H3. The maximum Gasteiger partial charge on any atom is 0.323 e. The molecule has 1 saturated heterocycles. The van der Waals surface area contributed by atoms with Crippen LogP contribution in [-0.4, -0.2) is 40.0 Å². The Kier molecular flexibility index (Phi) is 5.10. The largest absolute Gasteiger partial charge is 0.465 e. The average molecular weight is 284 g/mol. The van der Waals surface area contributed by atoms with E-state index in [2.05, 4.69) is 14.9 Å². The zero-order valence-corrected chi connectivity index (χ0v) is 11.8. The summed E-state index contributed by atoms with van der Waals surface area (Å²) < 4.78 is 5.13. The Balaban J connectivity index is 2.03. The van der Waals surface area contributed by atoms with Crippen LogP contribution in [0.25, 0.3) is 0 Å². The quantitative estimate of drug-likeness (QED) is 0.792. The lowest BCUT2D eigenvalue weighted by atomic mass is 10.0. The third-order valence-corrected chi connectivity index (χ3v) is 3.41. The van der Waals surface area contributed by atoms with Gasteiger partial charge < -0.3 is 4.74 Å². The zero-order valence-electron chi connectivity index (χ0n) is 11.0. The van der Waals surface area contributed by atoms with Crippen LogP contribution in [0.1, 0.15) is 31.9 Å². The number of hydrogen-bond acceptors (Lipinski definition) is 5. The maximum atomic E-state index is 11.9. The Labute approximate surface area is 117 Å². The molecule has 0 bridgehead atoms. The van der Waals surface area contributed by atoms with Crippen LogP contribution in [0.5, 0.6) is 0 Å². The highest BCUT2D eigenvalue weighted by atomic mass is 35.5. The summed E-state index contributed by atoms with van der Waals surface area (Å²) in [4.78, 5) is 22.3. The number of aromatic nitrogens is 2. The molecule has 0 spiro atoms. The number of rotatable bonds is 4. The highest BCUT2D eigenvalue weighted by molar-refractivity contribution is 6.29. The molecular weight excluding hydrogens is 266 g/mol. The van der Waals surface area contributed by atoms with Crippen molar-refractivity contribution < 1.29 is 9.53 Å². The third kappa shape index (κ3) is 3.88. The molecule has 1 aromatic heterocycles. The first-order valence-electron chi connectivity index (χ1n) is 6.58. The van der Waals surface area contributed by atoms with E-state index < -0.39 is 0 Å². The van der Waals surface area contributed by atoms with Crippen molar-refractivity contribution >= 4 is 17.6 Å². The van der Waals surface area contributed by atoms with Crippen molar-refractivity contribution in [1.29, 1.82) is 0 Å². The summed E-state index contributed by atoms with van der Waals surface area (Å²) in [6, 6.07) is -0.161. The summed E-state index contributed by atoms with van der Waals surface area (Å²) in [7, 11) is 0. The van der Waals surface area contributed by atoms with Crippen molar-refractivity contribution in [3.05, 3.63) is 23.2 Å². The highest BCUT2D eigenvalue weighted by Crippen LogP contribution is 2.20. The average Bonchev–Trinajstić information content (AvgIpc) is 2.42. The fourth-order valence-electron chi connectivity index (χ4n) is 2.31. The van der Waals surface area contributed by atoms with Crippen molar-refractivity contribution in [1.82, 2.24) is 14.9 Å². The molecule has 0 aromatic carbocycles. The summed E-state index contributed by atoms with van der Waals surface area (Å²) in [6.07, 6.45) is 6.18. The molecule has 1 atom stereocenters. The van der Waals surface area contributed by atoms with Gasteiger partial charge in [0, 0.05) is 6.54 Å². The van der Waals surface area contributed by atoms with E-state index >= 15 is 0 Å². The van der Waals surface area contributed by atoms with Gasteiger partial charge in [0.15, 0.2) is 0 Å². The first kappa shape index (κ1) is 14.2. The Morgan fingerprint density at radius 3 is 3.00 bits per heavy atom. The Hall–Kier alpha value is -1.20. The number of likely N-dealkylation sites (tertiary alicyclic amines) is 1. The molecular formula is C13H18ClN3O2. The second kappa shape index (κ2) is 6.82. The van der Waals surface area contributed by atoms with Crippen LogP contribution in [0.15, 0.2) is 12.4 Å². The van der Waals surface area contributed by atoms with E-state index in [-0.39, 0.29) is 12.0 Å². The summed E-state index contributed by atoms with van der Waals surface area (Å²) in [5.41, 5.74) is 0.820. The van der Waals surface area contributed by atoms with Crippen LogP contribution in [0.4, 0.5) is 0 Å². The number of piperidine rings is 1. The summed E-state index contributed by atoms with van der Waals surface area (Å²) in [6.45, 7) is 3.74. The smallest absolute Gasteiger partial charge is 0.323 e. The number of ether oxygens (including phenoxy) is 1. The Morgan fingerprint density at radius 2 is 2.32 bits per heavy atom. The SMILES string of the molecule is CCOC(=O)C1CCCCN1Cc1cnc(Cl)cn1. The molecule has 0 amide bonds. The highest BCUT2D eigenvalue weighted by Gasteiger charge is 2.29. The van der Waals surface area contributed by atoms with Crippen LogP contribution in [0.2, 0.25) is 5.15 Å². The fraction of sp³-hybridized carbons (Fsp3) is 0.615. The van der Waals surface area contributed by atoms with Crippen molar-refractivity contribution in [2.45, 2.75) is 38.8 Å². The summed E-state index contributed by atoms with van der Waals surface area (Å²) in [5, 5.41) is 0.379. The van der Waals surface area contributed by atoms with E-state index in [1.165, 1.54) is 6.20 Å². The van der Waals surface area contributed by atoms with Crippen LogP contribution in [0.3, 0.4) is 0 Å². The predicted molar refractivity (Wildman–Crippen MR) is 71.7 cm³/mol. The molecule has 0 saturated carbocycles. The number of esters is 1. The number of hydrogen-bond donors (Lipinski definition) is 0. The minimum Gasteiger partial charge on any atom is -0.465 e. The molecule has 1 aliphatic rings. The van der Waals surface area contributed by atoms with Crippen LogP contribution in [0, 0.1) is 0 Å². The van der Waals surface area contributed by atoms with E-state index in [1.54, 1.807) is 6.20 Å². The van der Waals surface area contributed by atoms with Gasteiger partial charge in [-0.25, -0.2) is 4.98 Å². The van der Waals surface area contributed by atoms with Gasteiger partial charge in [-0.2, -0.15) is 0 Å². The topological polar surface area (TPSA) is 55.3 Å². The molecule has 1 aromatic rings. The molecule has 2 rings (SSSR count). The van der Waals surface area contributed by atoms with Crippen LogP contribution < -0.4 is 0 Å². The monoisotopic (exact) mass is 283 g/mol. The fourth-order valence-corrected chi connectivity index (χ4v) is 2.41. The number of halogens is 1. The molecule has 0 aliphatic carbocycles. The Morgan fingerprint density at radius 1 is 1.47 bits per heavy atom. The van der Waals surface area contributed by atoms with Gasteiger partial charge in [-0.05, 0) is 26.3 Å². The van der Waals surface area contributed by atoms with Crippen molar-refractivity contribution in [2.24, 2.45) is 0 Å². The van der Waals surface area contributed by atoms with Gasteiger partial charge in [0.1, 0.15) is 11.2 Å². The normalized spacial score (nSPS) is 20.2. The first-order chi connectivity index (χ1) is 9.20. The van der Waals surface area contributed by atoms with Gasteiger partial charge in [-0.3, -0.25) is 14.7 Å². The number of nitrogens with zero attached hydrogens (tertiary/aromatic N) is 3. The van der Waals surface area contributed by atoms with Crippen LogP contribution in [-0.2, 0) is 16.1 Å². The lowest BCUT2D eigenvalue weighted by Crippen LogP contribution is -2.45. The van der Waals surface area contributed by atoms with Crippen LogP contribution >= 0.6 is 11.6 Å². The van der Waals surface area contributed by atoms with E-state index in [0.717, 1.165) is 31.5 Å². The molecule has 5 nitrogen and oxygen atoms in total. The molecule has 19 heavy (non-hydrogen) atoms. The minimum absolute atomic E-state index is 0.135. The molecule has 0 radical (unpaired) electrons. The van der Waals surface area contributed by atoms with Crippen molar-refractivity contribution in [3.63, 3.8) is 0 Å². The van der Waals surface area contributed by atoms with Gasteiger partial charge in [0.25, 0.3) is 0 Å². The molecule has 6 heteroatoms. The van der Waals surface area contributed by atoms with E-state index in [4.69, 9.17) is 16.3 Å². The number of carbonyl (C=O) groups excluding carboxylic acids is 1. The van der Waals surface area contributed by atoms with Gasteiger partial charge in [-0.1, -0.05) is 18.0 Å². The second-order valence-corrected chi connectivity index (χ2v) is 4.95. The molecule has 1 fully saturated rings. The summed E-state index contributed by atoms with van der Waals surface area (Å²) >= 11 is 5.71. The van der Waals surface area contributed by atoms with Crippen molar-refractivity contribution in [2.75, 3.05) is 13.2 Å².